The smallest absolute Gasteiger partial charge is 0.246 e. The van der Waals surface area contributed by atoms with E-state index in [2.05, 4.69) is 10.6 Å². The van der Waals surface area contributed by atoms with Crippen LogP contribution in [0.4, 0.5) is 0 Å². The van der Waals surface area contributed by atoms with Crippen LogP contribution < -0.4 is 10.6 Å². The number of carbonyl (C=O) groups is 3. The van der Waals surface area contributed by atoms with E-state index in [1.807, 2.05) is 0 Å². The first-order valence-electron chi connectivity index (χ1n) is 6.01. The van der Waals surface area contributed by atoms with E-state index in [1.54, 1.807) is 0 Å². The molecule has 3 amide bonds. The number of hydrogen-bond donors (Lipinski definition) is 2. The second-order valence-electron chi connectivity index (χ2n) is 5.06. The Morgan fingerprint density at radius 3 is 2.41 bits per heavy atom. The first-order valence-corrected chi connectivity index (χ1v) is 6.01. The SMILES string of the molecule is O=C1CN(C(=O)C2CC3CCC2N3)CC(=O)N1. The molecule has 2 bridgehead atoms. The Hall–Kier alpha value is -1.43. The van der Waals surface area contributed by atoms with Gasteiger partial charge in [-0.25, -0.2) is 0 Å². The van der Waals surface area contributed by atoms with E-state index in [0.29, 0.717) is 6.04 Å². The predicted molar refractivity (Wildman–Crippen MR) is 57.8 cm³/mol. The van der Waals surface area contributed by atoms with Gasteiger partial charge in [-0.2, -0.15) is 0 Å². The topological polar surface area (TPSA) is 78.5 Å². The largest absolute Gasteiger partial charge is 0.324 e. The number of carbonyl (C=O) groups excluding carboxylic acids is 3. The molecule has 0 aliphatic carbocycles. The van der Waals surface area contributed by atoms with Crippen LogP contribution >= 0.6 is 0 Å². The summed E-state index contributed by atoms with van der Waals surface area (Å²) >= 11 is 0. The number of piperazine rings is 1. The molecule has 6 heteroatoms. The van der Waals surface area contributed by atoms with E-state index in [-0.39, 0.29) is 42.8 Å². The summed E-state index contributed by atoms with van der Waals surface area (Å²) in [4.78, 5) is 36.1. The minimum absolute atomic E-state index is 0.0124. The number of imide groups is 1. The molecule has 0 radical (unpaired) electrons. The van der Waals surface area contributed by atoms with Crippen molar-refractivity contribution in [3.8, 4) is 0 Å². The molecule has 92 valence electrons. The summed E-state index contributed by atoms with van der Waals surface area (Å²) < 4.78 is 0. The Labute approximate surface area is 98.7 Å². The van der Waals surface area contributed by atoms with Crippen molar-refractivity contribution in [1.29, 1.82) is 0 Å². The highest BCUT2D eigenvalue weighted by atomic mass is 16.2. The maximum atomic E-state index is 12.2. The highest BCUT2D eigenvalue weighted by molar-refractivity contribution is 6.02. The van der Waals surface area contributed by atoms with Gasteiger partial charge in [-0.1, -0.05) is 0 Å². The lowest BCUT2D eigenvalue weighted by Crippen LogP contribution is -2.55. The zero-order chi connectivity index (χ0) is 12.0. The second kappa shape index (κ2) is 3.80. The minimum Gasteiger partial charge on any atom is -0.324 e. The molecule has 3 aliphatic rings. The summed E-state index contributed by atoms with van der Waals surface area (Å²) in [7, 11) is 0. The average Bonchev–Trinajstić information content (AvgIpc) is 2.88. The fourth-order valence-electron chi connectivity index (χ4n) is 3.12. The fraction of sp³-hybridized carbons (Fsp3) is 0.727. The van der Waals surface area contributed by atoms with E-state index in [1.165, 1.54) is 4.90 Å². The summed E-state index contributed by atoms with van der Waals surface area (Å²) in [6.45, 7) is 0.0247. The molecular weight excluding hydrogens is 222 g/mol. The molecule has 0 saturated carbocycles. The fourth-order valence-corrected chi connectivity index (χ4v) is 3.12. The van der Waals surface area contributed by atoms with E-state index in [9.17, 15) is 14.4 Å². The van der Waals surface area contributed by atoms with Gasteiger partial charge in [0, 0.05) is 12.1 Å². The second-order valence-corrected chi connectivity index (χ2v) is 5.06. The van der Waals surface area contributed by atoms with Crippen LogP contribution in [0.5, 0.6) is 0 Å². The third-order valence-electron chi connectivity index (χ3n) is 3.88. The number of fused-ring (bicyclic) bond motifs is 2. The van der Waals surface area contributed by atoms with Gasteiger partial charge in [-0.3, -0.25) is 19.7 Å². The van der Waals surface area contributed by atoms with Gasteiger partial charge < -0.3 is 10.2 Å². The van der Waals surface area contributed by atoms with Crippen LogP contribution in [-0.2, 0) is 14.4 Å². The molecule has 2 N–H and O–H groups in total. The number of nitrogens with zero attached hydrogens (tertiary/aromatic N) is 1. The molecule has 3 unspecified atom stereocenters. The number of nitrogens with one attached hydrogen (secondary N) is 2. The molecule has 3 aliphatic heterocycles. The van der Waals surface area contributed by atoms with Crippen molar-refractivity contribution < 1.29 is 14.4 Å². The Kier molecular flexibility index (Phi) is 2.39. The summed E-state index contributed by atoms with van der Waals surface area (Å²) in [6, 6.07) is 0.691. The van der Waals surface area contributed by atoms with E-state index in [0.717, 1.165) is 19.3 Å². The molecular formula is C11H15N3O3. The molecule has 3 rings (SSSR count). The summed E-state index contributed by atoms with van der Waals surface area (Å²) in [6.07, 6.45) is 3.00. The van der Waals surface area contributed by atoms with Crippen LogP contribution in [0.2, 0.25) is 0 Å². The maximum Gasteiger partial charge on any atom is 0.246 e. The third-order valence-corrected chi connectivity index (χ3v) is 3.88. The van der Waals surface area contributed by atoms with Crippen LogP contribution in [0.1, 0.15) is 19.3 Å². The van der Waals surface area contributed by atoms with Gasteiger partial charge in [0.2, 0.25) is 17.7 Å². The van der Waals surface area contributed by atoms with Gasteiger partial charge in [0.15, 0.2) is 0 Å². The molecule has 3 heterocycles. The van der Waals surface area contributed by atoms with E-state index < -0.39 is 0 Å². The van der Waals surface area contributed by atoms with Gasteiger partial charge in [0.25, 0.3) is 0 Å². The first kappa shape index (κ1) is 10.7. The monoisotopic (exact) mass is 237 g/mol. The van der Waals surface area contributed by atoms with E-state index >= 15 is 0 Å². The molecule has 3 atom stereocenters. The normalized spacial score (nSPS) is 36.2. The number of rotatable bonds is 1. The number of amides is 3. The lowest BCUT2D eigenvalue weighted by molar-refractivity contribution is -0.148. The Balaban J connectivity index is 1.69. The summed E-state index contributed by atoms with van der Waals surface area (Å²) in [5.41, 5.74) is 0. The van der Waals surface area contributed by atoms with Crippen molar-refractivity contribution >= 4 is 17.7 Å². The molecule has 0 aromatic heterocycles. The van der Waals surface area contributed by atoms with Crippen molar-refractivity contribution in [3.63, 3.8) is 0 Å². The Morgan fingerprint density at radius 1 is 1.18 bits per heavy atom. The zero-order valence-electron chi connectivity index (χ0n) is 9.44. The molecule has 0 aromatic carbocycles. The van der Waals surface area contributed by atoms with Crippen molar-refractivity contribution in [2.24, 2.45) is 5.92 Å². The van der Waals surface area contributed by atoms with Crippen molar-refractivity contribution in [2.45, 2.75) is 31.3 Å². The standard InChI is InChI=1S/C11H15N3O3/c15-9-4-14(5-10(16)13-9)11(17)7-3-6-1-2-8(7)12-6/h6-8,12H,1-5H2,(H,13,15,16). The zero-order valence-corrected chi connectivity index (χ0v) is 9.44. The van der Waals surface area contributed by atoms with Crippen molar-refractivity contribution in [1.82, 2.24) is 15.5 Å². The van der Waals surface area contributed by atoms with Crippen LogP contribution in [0, 0.1) is 5.92 Å². The van der Waals surface area contributed by atoms with Crippen LogP contribution in [-0.4, -0.2) is 47.8 Å². The van der Waals surface area contributed by atoms with Crippen LogP contribution in [0.3, 0.4) is 0 Å². The summed E-state index contributed by atoms with van der Waals surface area (Å²) in [5.74, 6) is -0.864. The lowest BCUT2D eigenvalue weighted by Gasteiger charge is -2.30. The van der Waals surface area contributed by atoms with Gasteiger partial charge >= 0.3 is 0 Å². The highest BCUT2D eigenvalue weighted by Crippen LogP contribution is 2.34. The van der Waals surface area contributed by atoms with Gasteiger partial charge in [-0.05, 0) is 19.3 Å². The average molecular weight is 237 g/mol. The van der Waals surface area contributed by atoms with E-state index in [4.69, 9.17) is 0 Å². The Bertz CT molecular complexity index is 379. The minimum atomic E-state index is -0.384. The quantitative estimate of drug-likeness (QED) is 0.550. The third kappa shape index (κ3) is 1.82. The summed E-state index contributed by atoms with van der Waals surface area (Å²) in [5, 5.41) is 5.59. The predicted octanol–water partition coefficient (Wildman–Crippen LogP) is -1.39. The van der Waals surface area contributed by atoms with Crippen molar-refractivity contribution in [2.75, 3.05) is 13.1 Å². The molecule has 3 fully saturated rings. The molecule has 6 nitrogen and oxygen atoms in total. The van der Waals surface area contributed by atoms with Gasteiger partial charge in [0.1, 0.15) is 13.1 Å². The molecule has 3 saturated heterocycles. The lowest BCUT2D eigenvalue weighted by atomic mass is 9.88. The van der Waals surface area contributed by atoms with Crippen LogP contribution in [0.15, 0.2) is 0 Å². The van der Waals surface area contributed by atoms with Crippen molar-refractivity contribution in [3.05, 3.63) is 0 Å². The maximum absolute atomic E-state index is 12.2. The molecule has 0 spiro atoms. The van der Waals surface area contributed by atoms with Gasteiger partial charge in [0.05, 0.1) is 5.92 Å². The highest BCUT2D eigenvalue weighted by Gasteiger charge is 2.45. The number of hydrogen-bond acceptors (Lipinski definition) is 4. The molecule has 17 heavy (non-hydrogen) atoms. The van der Waals surface area contributed by atoms with Crippen LogP contribution in [0.25, 0.3) is 0 Å². The molecule has 0 aromatic rings. The van der Waals surface area contributed by atoms with Gasteiger partial charge in [-0.15, -0.1) is 0 Å². The Morgan fingerprint density at radius 2 is 1.88 bits per heavy atom. The first-order chi connectivity index (χ1) is 8.13.